The molecule has 0 unspecified atom stereocenters. The first-order valence-corrected chi connectivity index (χ1v) is 27.6. The maximum atomic E-state index is 7.34. The van der Waals surface area contributed by atoms with Gasteiger partial charge < -0.3 is 37.6 Å². The van der Waals surface area contributed by atoms with Crippen LogP contribution in [0.25, 0.3) is 77.5 Å². The van der Waals surface area contributed by atoms with E-state index in [4.69, 9.17) is 37.7 Å². The molecule has 14 aromatic rings. The maximum Gasteiger partial charge on any atom is 0.266 e. The Kier molecular flexibility index (Phi) is 8.09. The van der Waals surface area contributed by atoms with Gasteiger partial charge in [0.25, 0.3) is 13.4 Å². The van der Waals surface area contributed by atoms with Gasteiger partial charge >= 0.3 is 0 Å². The van der Waals surface area contributed by atoms with Crippen molar-refractivity contribution >= 4 is 124 Å². The summed E-state index contributed by atoms with van der Waals surface area (Å²) in [6.45, 7) is -0.326. The molecule has 0 radical (unpaired) electrons. The zero-order valence-corrected chi connectivity index (χ0v) is 43.2. The van der Waals surface area contributed by atoms with Crippen molar-refractivity contribution in [2.45, 2.75) is 0 Å². The molecule has 0 spiro atoms. The molecule has 0 saturated heterocycles. The number of ether oxygens (including phenoxy) is 4. The van der Waals surface area contributed by atoms with Gasteiger partial charge in [-0.1, -0.05) is 60.7 Å². The lowest BCUT2D eigenvalue weighted by atomic mass is 9.33. The molecule has 0 amide bonds. The zero-order valence-electron chi connectivity index (χ0n) is 43.2. The number of fused-ring (bicyclic) bond motifs is 6. The Morgan fingerprint density at radius 3 is 1.11 bits per heavy atom. The molecule has 0 saturated carbocycles. The molecule has 12 heteroatoms. The summed E-state index contributed by atoms with van der Waals surface area (Å²) in [6.07, 6.45) is 3.63. The normalized spacial score (nSPS) is 13.9. The first kappa shape index (κ1) is 43.0. The summed E-state index contributed by atoms with van der Waals surface area (Å²) >= 11 is 0. The molecule has 0 bridgehead atoms. The molecule has 378 valence electrons. The summed E-state index contributed by atoms with van der Waals surface area (Å²) in [7, 11) is 0. The number of nitrogens with zero attached hydrogens (tertiary/aromatic N) is 4. The molecule has 6 aliphatic heterocycles. The predicted molar refractivity (Wildman–Crippen MR) is 325 cm³/mol. The van der Waals surface area contributed by atoms with E-state index in [1.165, 1.54) is 0 Å². The number of pyridine rings is 2. The number of hydrogen-bond acceptors (Lipinski definition) is 10. The molecule has 10 aromatic carbocycles. The van der Waals surface area contributed by atoms with Crippen molar-refractivity contribution in [1.82, 2.24) is 9.97 Å². The minimum absolute atomic E-state index is 0.163. The van der Waals surface area contributed by atoms with Crippen molar-refractivity contribution < 1.29 is 27.8 Å². The Morgan fingerprint density at radius 2 is 0.671 bits per heavy atom. The van der Waals surface area contributed by atoms with Crippen molar-refractivity contribution in [3.63, 3.8) is 0 Å². The lowest BCUT2D eigenvalue weighted by Gasteiger charge is -2.43. The summed E-state index contributed by atoms with van der Waals surface area (Å²) in [4.78, 5) is 14.2. The van der Waals surface area contributed by atoms with E-state index in [1.54, 1.807) is 0 Å². The van der Waals surface area contributed by atoms with Crippen LogP contribution in [0.1, 0.15) is 0 Å². The van der Waals surface area contributed by atoms with Gasteiger partial charge in [-0.2, -0.15) is 0 Å². The monoisotopic (exact) mass is 1050 g/mol. The highest BCUT2D eigenvalue weighted by Gasteiger charge is 2.50. The molecule has 10 heterocycles. The number of para-hydroxylation sites is 2. The predicted octanol–water partition coefficient (Wildman–Crippen LogP) is 14.3. The lowest BCUT2D eigenvalue weighted by Crippen LogP contribution is -2.61. The number of rotatable bonds is 5. The van der Waals surface area contributed by atoms with E-state index in [-0.39, 0.29) is 13.4 Å². The minimum Gasteiger partial charge on any atom is -0.458 e. The SMILES string of the molecule is c1ccc(N2c3cccc4c3B3c5c(cc(-c6cc7c8c(c6)Oc6cc(-c9ccc%10oc%11cccnc%11c%10c9)cc9c6B8c6c(cccc6N9c6ccccc6)O7)cc5Oc5cc(-c6ccc7oc8cccnc8c7c6)cc2c53)O4)cc1. The van der Waals surface area contributed by atoms with Gasteiger partial charge in [0.1, 0.15) is 68.2 Å². The fourth-order valence-corrected chi connectivity index (χ4v) is 14.2. The Balaban J connectivity index is 0.769. The second kappa shape index (κ2) is 15.4. The molecule has 0 fully saturated rings. The largest absolute Gasteiger partial charge is 0.458 e. The first-order chi connectivity index (χ1) is 40.6. The van der Waals surface area contributed by atoms with Gasteiger partial charge in [-0.3, -0.25) is 9.97 Å². The highest BCUT2D eigenvalue weighted by atomic mass is 16.5. The number of benzene rings is 10. The van der Waals surface area contributed by atoms with E-state index in [0.29, 0.717) is 0 Å². The number of aromatic nitrogens is 2. The first-order valence-electron chi connectivity index (χ1n) is 27.6. The van der Waals surface area contributed by atoms with Crippen LogP contribution in [-0.2, 0) is 0 Å². The van der Waals surface area contributed by atoms with Crippen LogP contribution < -0.4 is 61.5 Å². The fourth-order valence-electron chi connectivity index (χ4n) is 14.2. The van der Waals surface area contributed by atoms with Gasteiger partial charge in [0.05, 0.1) is 0 Å². The van der Waals surface area contributed by atoms with Crippen molar-refractivity contribution in [2.24, 2.45) is 0 Å². The zero-order chi connectivity index (χ0) is 53.1. The van der Waals surface area contributed by atoms with Crippen LogP contribution in [0.3, 0.4) is 0 Å². The van der Waals surface area contributed by atoms with E-state index >= 15 is 0 Å². The quantitative estimate of drug-likeness (QED) is 0.155. The van der Waals surface area contributed by atoms with Crippen LogP contribution in [0.4, 0.5) is 34.1 Å². The van der Waals surface area contributed by atoms with E-state index in [0.717, 1.165) is 190 Å². The third kappa shape index (κ3) is 5.69. The number of anilines is 6. The Bertz CT molecular complexity index is 4910. The van der Waals surface area contributed by atoms with Gasteiger partial charge in [-0.05, 0) is 201 Å². The van der Waals surface area contributed by atoms with E-state index < -0.39 is 0 Å². The summed E-state index contributed by atoms with van der Waals surface area (Å²) < 4.78 is 41.4. The summed E-state index contributed by atoms with van der Waals surface area (Å²) in [5.74, 6) is 6.15. The molecule has 20 rings (SSSR count). The lowest BCUT2D eigenvalue weighted by molar-refractivity contribution is 0.463. The van der Waals surface area contributed by atoms with Crippen LogP contribution >= 0.6 is 0 Å². The summed E-state index contributed by atoms with van der Waals surface area (Å²) in [5.41, 5.74) is 23.4. The van der Waals surface area contributed by atoms with Gasteiger partial charge in [0.15, 0.2) is 11.2 Å². The summed E-state index contributed by atoms with van der Waals surface area (Å²) in [6, 6.07) is 72.0. The molecule has 0 N–H and O–H groups in total. The number of furan rings is 2. The average molecular weight is 1050 g/mol. The van der Waals surface area contributed by atoms with E-state index in [9.17, 15) is 0 Å². The molecular formula is C70H36B2N4O6. The van der Waals surface area contributed by atoms with Crippen LogP contribution in [0.5, 0.6) is 46.0 Å². The second-order valence-corrected chi connectivity index (χ2v) is 21.9. The third-order valence-electron chi connectivity index (χ3n) is 17.6. The Hall–Kier alpha value is -11.0. The maximum absolute atomic E-state index is 7.34. The molecule has 82 heavy (non-hydrogen) atoms. The Morgan fingerprint density at radius 1 is 0.280 bits per heavy atom. The summed E-state index contributed by atoms with van der Waals surface area (Å²) in [5, 5.41) is 1.92. The third-order valence-corrected chi connectivity index (χ3v) is 17.6. The van der Waals surface area contributed by atoms with Crippen molar-refractivity contribution in [2.75, 3.05) is 9.80 Å². The van der Waals surface area contributed by atoms with Crippen LogP contribution in [0.15, 0.2) is 227 Å². The molecule has 0 aliphatic carbocycles. The molecule has 10 nitrogen and oxygen atoms in total. The number of hydrogen-bond donors (Lipinski definition) is 0. The fraction of sp³-hybridized carbons (Fsp3) is 0. The van der Waals surface area contributed by atoms with Crippen molar-refractivity contribution in [3.8, 4) is 79.4 Å². The van der Waals surface area contributed by atoms with Crippen LogP contribution in [0, 0.1) is 0 Å². The smallest absolute Gasteiger partial charge is 0.266 e. The highest BCUT2D eigenvalue weighted by Crippen LogP contribution is 2.52. The molecule has 6 aliphatic rings. The van der Waals surface area contributed by atoms with Crippen molar-refractivity contribution in [1.29, 1.82) is 0 Å². The molecular weight excluding hydrogens is 1010 g/mol. The minimum atomic E-state index is -0.163. The van der Waals surface area contributed by atoms with Gasteiger partial charge in [-0.15, -0.1) is 0 Å². The van der Waals surface area contributed by atoms with Crippen LogP contribution in [0.2, 0.25) is 0 Å². The highest BCUT2D eigenvalue weighted by molar-refractivity contribution is 7.01. The Labute approximate surface area is 467 Å². The molecule has 4 aromatic heterocycles. The molecule has 0 atom stereocenters. The standard InChI is InChI=1S/C70H36B2N4O6/c1-3-11-43(12-4-1)75-47-15-7-17-53-63(47)71-65-49(75)29-39(37-21-23-51-45(27-37)69-55(77-51)19-9-25-73-69)31-57(65)81-61-35-41(33-59(79-53)67(61)71)42-34-60-68-62(36-42)82-58-32-40(38-22-24-52-46(28-38)70-56(78-52)20-10-26-74-70)30-50-66(58)72(68)64-48(16-8-18-54(64)80-60)76(50)44-13-5-2-6-14-44/h1-36H. The second-order valence-electron chi connectivity index (χ2n) is 21.9. The topological polar surface area (TPSA) is 95.5 Å². The average Bonchev–Trinajstić information content (AvgIpc) is 2.10. The van der Waals surface area contributed by atoms with E-state index in [2.05, 4.69) is 180 Å². The van der Waals surface area contributed by atoms with Crippen LogP contribution in [-0.4, -0.2) is 23.4 Å². The van der Waals surface area contributed by atoms with Gasteiger partial charge in [-0.25, -0.2) is 0 Å². The van der Waals surface area contributed by atoms with Crippen molar-refractivity contribution in [3.05, 3.63) is 219 Å². The van der Waals surface area contributed by atoms with E-state index in [1.807, 2.05) is 48.8 Å². The van der Waals surface area contributed by atoms with Gasteiger partial charge in [0.2, 0.25) is 0 Å². The van der Waals surface area contributed by atoms with Gasteiger partial charge in [0, 0.05) is 68.2 Å².